The van der Waals surface area contributed by atoms with Gasteiger partial charge in [-0.3, -0.25) is 0 Å². The van der Waals surface area contributed by atoms with Crippen molar-refractivity contribution in [3.63, 3.8) is 0 Å². The van der Waals surface area contributed by atoms with Crippen molar-refractivity contribution < 1.29 is 4.74 Å². The summed E-state index contributed by atoms with van der Waals surface area (Å²) in [6.45, 7) is 0.825. The van der Waals surface area contributed by atoms with Gasteiger partial charge in [-0.1, -0.05) is 24.6 Å². The maximum Gasteiger partial charge on any atom is 0.122 e. The van der Waals surface area contributed by atoms with Crippen LogP contribution in [0.2, 0.25) is 0 Å². The third-order valence-electron chi connectivity index (χ3n) is 5.98. The van der Waals surface area contributed by atoms with Gasteiger partial charge in [0.15, 0.2) is 0 Å². The molecule has 2 nitrogen and oxygen atoms in total. The smallest absolute Gasteiger partial charge is 0.122 e. The lowest BCUT2D eigenvalue weighted by Gasteiger charge is -2.33. The quantitative estimate of drug-likeness (QED) is 0.909. The highest BCUT2D eigenvalue weighted by molar-refractivity contribution is 5.38. The van der Waals surface area contributed by atoms with E-state index in [0.717, 1.165) is 36.5 Å². The zero-order valence-electron chi connectivity index (χ0n) is 12.1. The first-order valence-corrected chi connectivity index (χ1v) is 8.28. The Morgan fingerprint density at radius 3 is 2.85 bits per heavy atom. The molecule has 3 aliphatic rings. The van der Waals surface area contributed by atoms with E-state index in [-0.39, 0.29) is 0 Å². The van der Waals surface area contributed by atoms with Gasteiger partial charge in [-0.25, -0.2) is 0 Å². The second-order valence-corrected chi connectivity index (χ2v) is 7.12. The molecule has 20 heavy (non-hydrogen) atoms. The van der Waals surface area contributed by atoms with E-state index >= 15 is 0 Å². The maximum atomic E-state index is 6.62. The molecule has 5 unspecified atom stereocenters. The van der Waals surface area contributed by atoms with Crippen LogP contribution in [0.15, 0.2) is 24.3 Å². The average molecular weight is 271 g/mol. The lowest BCUT2D eigenvalue weighted by Crippen LogP contribution is -2.35. The summed E-state index contributed by atoms with van der Waals surface area (Å²) in [6.07, 6.45) is 8.19. The lowest BCUT2D eigenvalue weighted by atomic mass is 9.78. The molecule has 2 saturated carbocycles. The van der Waals surface area contributed by atoms with Crippen molar-refractivity contribution in [2.45, 2.75) is 50.5 Å². The Hall–Kier alpha value is -1.02. The van der Waals surface area contributed by atoms with E-state index in [9.17, 15) is 0 Å². The summed E-state index contributed by atoms with van der Waals surface area (Å²) in [5, 5.41) is 0. The lowest BCUT2D eigenvalue weighted by molar-refractivity contribution is 0.230. The summed E-state index contributed by atoms with van der Waals surface area (Å²) < 4.78 is 5.77. The fourth-order valence-corrected chi connectivity index (χ4v) is 4.99. The van der Waals surface area contributed by atoms with Crippen LogP contribution in [-0.2, 0) is 0 Å². The molecule has 0 radical (unpaired) electrons. The van der Waals surface area contributed by atoms with E-state index in [1.165, 1.54) is 37.7 Å². The summed E-state index contributed by atoms with van der Waals surface area (Å²) in [6, 6.07) is 8.78. The molecule has 1 aliphatic heterocycles. The van der Waals surface area contributed by atoms with Crippen LogP contribution in [-0.4, -0.2) is 12.6 Å². The first-order valence-electron chi connectivity index (χ1n) is 8.28. The van der Waals surface area contributed by atoms with E-state index in [1.54, 1.807) is 0 Å². The van der Waals surface area contributed by atoms with Gasteiger partial charge in [0.25, 0.3) is 0 Å². The van der Waals surface area contributed by atoms with E-state index < -0.39 is 0 Å². The normalized spacial score (nSPS) is 36.5. The molecule has 1 aromatic rings. The van der Waals surface area contributed by atoms with Crippen LogP contribution < -0.4 is 10.5 Å². The first kappa shape index (κ1) is 12.7. The van der Waals surface area contributed by atoms with Crippen LogP contribution in [0.3, 0.4) is 0 Å². The Morgan fingerprint density at radius 2 is 2.05 bits per heavy atom. The number of para-hydroxylation sites is 1. The Morgan fingerprint density at radius 1 is 1.15 bits per heavy atom. The molecule has 2 bridgehead atoms. The number of benzene rings is 1. The predicted molar refractivity (Wildman–Crippen MR) is 80.8 cm³/mol. The largest absolute Gasteiger partial charge is 0.493 e. The molecular weight excluding hydrogens is 246 g/mol. The molecule has 0 saturated heterocycles. The van der Waals surface area contributed by atoms with Crippen molar-refractivity contribution >= 4 is 0 Å². The fourth-order valence-electron chi connectivity index (χ4n) is 4.99. The average Bonchev–Trinajstić information content (AvgIpc) is 3.09. The molecule has 2 N–H and O–H groups in total. The van der Waals surface area contributed by atoms with E-state index in [4.69, 9.17) is 10.5 Å². The van der Waals surface area contributed by atoms with Crippen LogP contribution in [0.25, 0.3) is 0 Å². The summed E-state index contributed by atoms with van der Waals surface area (Å²) in [5.74, 6) is 4.48. The summed E-state index contributed by atoms with van der Waals surface area (Å²) in [4.78, 5) is 0. The predicted octanol–water partition coefficient (Wildman–Crippen LogP) is 3.71. The highest BCUT2D eigenvalue weighted by Crippen LogP contribution is 2.50. The number of rotatable bonds is 3. The van der Waals surface area contributed by atoms with E-state index in [0.29, 0.717) is 12.0 Å². The second-order valence-electron chi connectivity index (χ2n) is 7.12. The molecule has 2 heteroatoms. The molecule has 5 atom stereocenters. The van der Waals surface area contributed by atoms with Crippen LogP contribution in [0, 0.1) is 17.8 Å². The van der Waals surface area contributed by atoms with Crippen LogP contribution in [0.5, 0.6) is 5.75 Å². The third kappa shape index (κ3) is 2.14. The van der Waals surface area contributed by atoms with Gasteiger partial charge in [0.2, 0.25) is 0 Å². The standard InChI is InChI=1S/C18H25NO/c19-17(11-14-10-12-5-6-13(14)9-12)15-7-8-20-18-4-2-1-3-16(15)18/h1-4,12-15,17H,5-11,19H2. The van der Waals surface area contributed by atoms with Gasteiger partial charge in [-0.05, 0) is 61.5 Å². The molecule has 4 rings (SSSR count). The zero-order valence-corrected chi connectivity index (χ0v) is 12.1. The van der Waals surface area contributed by atoms with Gasteiger partial charge in [-0.15, -0.1) is 0 Å². The number of nitrogens with two attached hydrogens (primary N) is 1. The second kappa shape index (κ2) is 5.07. The molecule has 108 valence electrons. The van der Waals surface area contributed by atoms with Crippen molar-refractivity contribution in [3.8, 4) is 5.75 Å². The Balaban J connectivity index is 1.48. The Labute approximate surface area is 121 Å². The van der Waals surface area contributed by atoms with Crippen LogP contribution in [0.4, 0.5) is 0 Å². The maximum absolute atomic E-state index is 6.62. The zero-order chi connectivity index (χ0) is 13.5. The Kier molecular flexibility index (Phi) is 3.22. The van der Waals surface area contributed by atoms with Gasteiger partial charge < -0.3 is 10.5 Å². The molecular formula is C18H25NO. The third-order valence-corrected chi connectivity index (χ3v) is 5.98. The first-order chi connectivity index (χ1) is 9.81. The van der Waals surface area contributed by atoms with Crippen LogP contribution in [0.1, 0.15) is 50.0 Å². The SMILES string of the molecule is NC(CC1CC2CCC1C2)C1CCOc2ccccc21. The molecule has 0 aromatic heterocycles. The van der Waals surface area contributed by atoms with E-state index in [2.05, 4.69) is 24.3 Å². The van der Waals surface area contributed by atoms with Gasteiger partial charge in [-0.2, -0.15) is 0 Å². The summed E-state index contributed by atoms with van der Waals surface area (Å²) >= 11 is 0. The van der Waals surface area contributed by atoms with Crippen molar-refractivity contribution in [1.29, 1.82) is 0 Å². The van der Waals surface area contributed by atoms with Crippen molar-refractivity contribution in [2.75, 3.05) is 6.61 Å². The molecule has 1 aromatic carbocycles. The number of hydrogen-bond acceptors (Lipinski definition) is 2. The van der Waals surface area contributed by atoms with Gasteiger partial charge in [0.05, 0.1) is 6.61 Å². The van der Waals surface area contributed by atoms with Crippen molar-refractivity contribution in [1.82, 2.24) is 0 Å². The molecule has 1 heterocycles. The summed E-state index contributed by atoms with van der Waals surface area (Å²) in [7, 11) is 0. The van der Waals surface area contributed by atoms with Gasteiger partial charge in [0.1, 0.15) is 5.75 Å². The van der Waals surface area contributed by atoms with Crippen molar-refractivity contribution in [2.24, 2.45) is 23.5 Å². The van der Waals surface area contributed by atoms with Crippen molar-refractivity contribution in [3.05, 3.63) is 29.8 Å². The highest BCUT2D eigenvalue weighted by atomic mass is 16.5. The number of hydrogen-bond donors (Lipinski definition) is 1. The minimum atomic E-state index is 0.310. The minimum Gasteiger partial charge on any atom is -0.493 e. The summed E-state index contributed by atoms with van der Waals surface area (Å²) in [5.41, 5.74) is 7.96. The van der Waals surface area contributed by atoms with E-state index in [1.807, 2.05) is 0 Å². The van der Waals surface area contributed by atoms with Crippen LogP contribution >= 0.6 is 0 Å². The molecule has 2 fully saturated rings. The number of fused-ring (bicyclic) bond motifs is 3. The molecule has 2 aliphatic carbocycles. The van der Waals surface area contributed by atoms with Gasteiger partial charge in [0, 0.05) is 12.0 Å². The monoisotopic (exact) mass is 271 g/mol. The minimum absolute atomic E-state index is 0.310. The topological polar surface area (TPSA) is 35.2 Å². The molecule has 0 amide bonds. The molecule has 0 spiro atoms. The fraction of sp³-hybridized carbons (Fsp3) is 0.667. The number of ether oxygens (including phenoxy) is 1. The Bertz CT molecular complexity index is 486. The highest BCUT2D eigenvalue weighted by Gasteiger charge is 2.41. The van der Waals surface area contributed by atoms with Gasteiger partial charge >= 0.3 is 0 Å².